The summed E-state index contributed by atoms with van der Waals surface area (Å²) in [4.78, 5) is 23.9. The van der Waals surface area contributed by atoms with Gasteiger partial charge in [-0.25, -0.2) is 0 Å². The number of carbonyl (C=O) groups is 1. The normalized spacial score (nSPS) is 17.9. The number of halogens is 1. The highest BCUT2D eigenvalue weighted by Crippen LogP contribution is 2.31. The van der Waals surface area contributed by atoms with Crippen LogP contribution < -0.4 is 10.2 Å². The molecule has 0 bridgehead atoms. The monoisotopic (exact) mass is 442 g/mol. The molecule has 1 aliphatic carbocycles. The first kappa shape index (κ1) is 21.4. The molecule has 0 spiro atoms. The molecular weight excluding hydrogens is 420 g/mol. The Bertz CT molecular complexity index is 1120. The highest BCUT2D eigenvalue weighted by atomic mass is 35.5. The average Bonchev–Trinajstić information content (AvgIpc) is 2.73. The van der Waals surface area contributed by atoms with Crippen molar-refractivity contribution in [1.29, 1.82) is 0 Å². The van der Waals surface area contributed by atoms with Crippen LogP contribution in [0.2, 0.25) is 5.02 Å². The zero-order valence-corrected chi connectivity index (χ0v) is 17.9. The van der Waals surface area contributed by atoms with Gasteiger partial charge in [-0.05, 0) is 56.2 Å². The molecule has 162 valence electrons. The number of rotatable bonds is 8. The Morgan fingerprint density at radius 1 is 1.13 bits per heavy atom. The molecule has 31 heavy (non-hydrogen) atoms. The third-order valence-corrected chi connectivity index (χ3v) is 5.56. The van der Waals surface area contributed by atoms with E-state index in [4.69, 9.17) is 30.2 Å². The number of hydrogen-bond donors (Lipinski definition) is 0. The summed E-state index contributed by atoms with van der Waals surface area (Å²) in [7, 11) is 0. The smallest absolute Gasteiger partial charge is 0.309 e. The molecule has 1 saturated carbocycles. The Morgan fingerprint density at radius 3 is 2.65 bits per heavy atom. The third-order valence-electron chi connectivity index (χ3n) is 5.27. The van der Waals surface area contributed by atoms with E-state index in [9.17, 15) is 9.59 Å². The van der Waals surface area contributed by atoms with Gasteiger partial charge in [-0.3, -0.25) is 9.59 Å². The van der Waals surface area contributed by atoms with Crippen LogP contribution in [0.3, 0.4) is 0 Å². The first-order chi connectivity index (χ1) is 15.0. The first-order valence-electron chi connectivity index (χ1n) is 10.3. The fraction of sp³-hybridized carbons (Fsp3) is 0.333. The Balaban J connectivity index is 1.29. The van der Waals surface area contributed by atoms with Crippen molar-refractivity contribution < 1.29 is 23.4 Å². The maximum Gasteiger partial charge on any atom is 0.309 e. The molecule has 0 N–H and O–H groups in total. The van der Waals surface area contributed by atoms with Gasteiger partial charge in [-0.2, -0.15) is 0 Å². The van der Waals surface area contributed by atoms with E-state index < -0.39 is 0 Å². The van der Waals surface area contributed by atoms with Crippen LogP contribution in [0.15, 0.2) is 57.7 Å². The predicted octanol–water partition coefficient (Wildman–Crippen LogP) is 4.85. The van der Waals surface area contributed by atoms with E-state index in [1.54, 1.807) is 18.2 Å². The molecule has 1 heterocycles. The second-order valence-corrected chi connectivity index (χ2v) is 7.78. The molecule has 1 fully saturated rings. The van der Waals surface area contributed by atoms with Gasteiger partial charge in [0.25, 0.3) is 0 Å². The Hall–Kier alpha value is -2.83. The highest BCUT2D eigenvalue weighted by Gasteiger charge is 2.36. The van der Waals surface area contributed by atoms with Crippen LogP contribution in [0.1, 0.15) is 19.8 Å². The molecule has 0 amide bonds. The lowest BCUT2D eigenvalue weighted by Crippen LogP contribution is -2.38. The summed E-state index contributed by atoms with van der Waals surface area (Å²) >= 11 is 6.17. The van der Waals surface area contributed by atoms with Crippen molar-refractivity contribution in [3.8, 4) is 17.1 Å². The maximum atomic E-state index is 12.4. The summed E-state index contributed by atoms with van der Waals surface area (Å²) in [5.41, 5.74) is 0.991. The topological polar surface area (TPSA) is 75.0 Å². The summed E-state index contributed by atoms with van der Waals surface area (Å²) in [6.07, 6.45) is 1.49. The van der Waals surface area contributed by atoms with Gasteiger partial charge in [-0.15, -0.1) is 0 Å². The average molecular weight is 443 g/mol. The van der Waals surface area contributed by atoms with Crippen molar-refractivity contribution in [1.82, 2.24) is 0 Å². The number of benzene rings is 2. The summed E-state index contributed by atoms with van der Waals surface area (Å²) in [5.74, 6) is 0.958. The van der Waals surface area contributed by atoms with Gasteiger partial charge in [0.15, 0.2) is 11.0 Å². The van der Waals surface area contributed by atoms with Crippen LogP contribution >= 0.6 is 11.6 Å². The number of fused-ring (bicyclic) bond motifs is 1. The second-order valence-electron chi connectivity index (χ2n) is 7.38. The van der Waals surface area contributed by atoms with Gasteiger partial charge < -0.3 is 18.6 Å². The predicted molar refractivity (Wildman–Crippen MR) is 118 cm³/mol. The molecule has 0 unspecified atom stereocenters. The molecule has 7 heteroatoms. The van der Waals surface area contributed by atoms with Crippen LogP contribution in [0.5, 0.6) is 5.75 Å². The molecule has 0 aliphatic heterocycles. The molecule has 3 aromatic rings. The Labute approximate surface area is 184 Å². The molecule has 0 radical (unpaired) electrons. The number of carbonyl (C=O) groups excluding carboxylic acids is 1. The van der Waals surface area contributed by atoms with Gasteiger partial charge in [0.2, 0.25) is 0 Å². The number of esters is 1. The van der Waals surface area contributed by atoms with Crippen LogP contribution in [-0.4, -0.2) is 31.9 Å². The van der Waals surface area contributed by atoms with Crippen LogP contribution in [-0.2, 0) is 14.3 Å². The van der Waals surface area contributed by atoms with Crippen LogP contribution in [0.4, 0.5) is 0 Å². The molecule has 1 aliphatic rings. The van der Waals surface area contributed by atoms with Crippen molar-refractivity contribution in [3.05, 3.63) is 63.8 Å². The number of ether oxygens (including phenoxy) is 3. The fourth-order valence-corrected chi connectivity index (χ4v) is 3.74. The van der Waals surface area contributed by atoms with Crippen LogP contribution in [0.25, 0.3) is 22.3 Å². The highest BCUT2D eigenvalue weighted by molar-refractivity contribution is 6.34. The van der Waals surface area contributed by atoms with Crippen LogP contribution in [0, 0.1) is 5.92 Å². The maximum absolute atomic E-state index is 12.4. The van der Waals surface area contributed by atoms with Crippen molar-refractivity contribution in [2.45, 2.75) is 25.9 Å². The molecular formula is C24H23ClO6. The Morgan fingerprint density at radius 2 is 1.90 bits per heavy atom. The summed E-state index contributed by atoms with van der Waals surface area (Å²) in [5, 5.41) is 0.854. The lowest BCUT2D eigenvalue weighted by atomic mass is 9.82. The third kappa shape index (κ3) is 4.92. The summed E-state index contributed by atoms with van der Waals surface area (Å²) in [6.45, 7) is 3.07. The molecule has 0 atom stereocenters. The molecule has 2 aromatic carbocycles. The first-order valence-corrected chi connectivity index (χ1v) is 10.7. The quantitative estimate of drug-likeness (QED) is 0.366. The largest absolute Gasteiger partial charge is 0.491 e. The minimum absolute atomic E-state index is 0.0385. The van der Waals surface area contributed by atoms with Gasteiger partial charge >= 0.3 is 5.97 Å². The number of para-hydroxylation sites is 1. The van der Waals surface area contributed by atoms with Crippen molar-refractivity contribution in [2.75, 3.05) is 19.8 Å². The van der Waals surface area contributed by atoms with Gasteiger partial charge in [0.05, 0.1) is 35.6 Å². The van der Waals surface area contributed by atoms with E-state index in [2.05, 4.69) is 0 Å². The minimum Gasteiger partial charge on any atom is -0.491 e. The van der Waals surface area contributed by atoms with E-state index >= 15 is 0 Å². The molecule has 4 rings (SSSR count). The van der Waals surface area contributed by atoms with E-state index in [1.807, 2.05) is 31.2 Å². The van der Waals surface area contributed by atoms with Gasteiger partial charge in [0, 0.05) is 11.6 Å². The van der Waals surface area contributed by atoms with Gasteiger partial charge in [0.1, 0.15) is 18.1 Å². The van der Waals surface area contributed by atoms with Crippen molar-refractivity contribution >= 4 is 28.5 Å². The second kappa shape index (κ2) is 9.54. The molecule has 1 aromatic heterocycles. The fourth-order valence-electron chi connectivity index (χ4n) is 3.53. The Kier molecular flexibility index (Phi) is 6.59. The van der Waals surface area contributed by atoms with E-state index in [0.29, 0.717) is 60.2 Å². The number of hydrogen-bond acceptors (Lipinski definition) is 6. The lowest BCUT2D eigenvalue weighted by molar-refractivity contribution is -0.157. The van der Waals surface area contributed by atoms with Crippen molar-refractivity contribution in [2.24, 2.45) is 5.92 Å². The standard InChI is InChI=1S/C24H23ClO6/c1-2-28-24(27)16-12-18(13-16)30-11-10-29-17-8-6-15(7-9-17)22-14-21(26)19-4-3-5-20(25)23(19)31-22/h3-9,14,16,18H,2,10-13H2,1H3. The SMILES string of the molecule is CCOC(=O)C1CC(OCCOc2ccc(-c3cc(=O)c4cccc(Cl)c4o3)cc2)C1. The lowest BCUT2D eigenvalue weighted by Gasteiger charge is -2.33. The summed E-state index contributed by atoms with van der Waals surface area (Å²) < 4.78 is 22.3. The van der Waals surface area contributed by atoms with Gasteiger partial charge in [-0.1, -0.05) is 17.7 Å². The van der Waals surface area contributed by atoms with E-state index in [-0.39, 0.29) is 23.4 Å². The zero-order valence-electron chi connectivity index (χ0n) is 17.1. The van der Waals surface area contributed by atoms with Crippen molar-refractivity contribution in [3.63, 3.8) is 0 Å². The molecule has 0 saturated heterocycles. The van der Waals surface area contributed by atoms with E-state index in [0.717, 1.165) is 5.56 Å². The zero-order chi connectivity index (χ0) is 21.8. The minimum atomic E-state index is -0.141. The van der Waals surface area contributed by atoms with E-state index in [1.165, 1.54) is 6.07 Å². The summed E-state index contributed by atoms with van der Waals surface area (Å²) in [6, 6.07) is 13.8. The molecule has 6 nitrogen and oxygen atoms in total.